The summed E-state index contributed by atoms with van der Waals surface area (Å²) in [6.45, 7) is 5.61. The quantitative estimate of drug-likeness (QED) is 0.377. The van der Waals surface area contributed by atoms with E-state index in [4.69, 9.17) is 9.15 Å². The molecular weight excluding hydrogens is 397 g/mol. The molecule has 0 amide bonds. The molecule has 1 saturated carbocycles. The molecule has 1 aliphatic heterocycles. The average molecular weight is 431 g/mol. The molecule has 3 rings (SSSR count). The maximum absolute atomic E-state index is 13.1. The first-order chi connectivity index (χ1) is 14.5. The third kappa shape index (κ3) is 7.83. The van der Waals surface area contributed by atoms with Crippen LogP contribution in [0.5, 0.6) is 0 Å². The average Bonchev–Trinajstić information content (AvgIpc) is 3.25. The van der Waals surface area contributed by atoms with Gasteiger partial charge in [-0.2, -0.15) is 13.2 Å². The van der Waals surface area contributed by atoms with E-state index in [0.29, 0.717) is 31.9 Å². The van der Waals surface area contributed by atoms with Crippen LogP contribution in [0.1, 0.15) is 37.9 Å². The molecule has 2 atom stereocenters. The fourth-order valence-electron chi connectivity index (χ4n) is 4.03. The molecule has 2 aliphatic rings. The van der Waals surface area contributed by atoms with Gasteiger partial charge in [0.25, 0.3) is 0 Å². The van der Waals surface area contributed by atoms with E-state index in [1.165, 1.54) is 0 Å². The van der Waals surface area contributed by atoms with Gasteiger partial charge < -0.3 is 19.8 Å². The van der Waals surface area contributed by atoms with Gasteiger partial charge >= 0.3 is 6.18 Å². The smallest absolute Gasteiger partial charge is 0.391 e. The molecule has 2 fully saturated rings. The van der Waals surface area contributed by atoms with Crippen molar-refractivity contribution < 1.29 is 22.3 Å². The van der Waals surface area contributed by atoms with Gasteiger partial charge in [-0.1, -0.05) is 6.42 Å². The van der Waals surface area contributed by atoms with E-state index >= 15 is 0 Å². The van der Waals surface area contributed by atoms with Crippen LogP contribution in [0.15, 0.2) is 27.8 Å². The van der Waals surface area contributed by atoms with Gasteiger partial charge in [0.05, 0.1) is 25.4 Å². The number of furan rings is 1. The highest BCUT2D eigenvalue weighted by Crippen LogP contribution is 2.37. The molecule has 1 aromatic heterocycles. The van der Waals surface area contributed by atoms with Gasteiger partial charge in [0.2, 0.25) is 0 Å². The Morgan fingerprint density at radius 2 is 2.07 bits per heavy atom. The first kappa shape index (κ1) is 22.9. The largest absolute Gasteiger partial charge is 0.469 e. The monoisotopic (exact) mass is 430 g/mol. The molecule has 0 radical (unpaired) electrons. The summed E-state index contributed by atoms with van der Waals surface area (Å²) in [6.07, 6.45) is 0.752. The predicted octanol–water partition coefficient (Wildman–Crippen LogP) is 3.20. The minimum atomic E-state index is -4.12. The Bertz CT molecular complexity index is 631. The molecule has 2 N–H and O–H groups in total. The topological polar surface area (TPSA) is 62.0 Å². The van der Waals surface area contributed by atoms with Crippen LogP contribution in [0.2, 0.25) is 0 Å². The van der Waals surface area contributed by atoms with Crippen LogP contribution in [0, 0.1) is 5.92 Å². The standard InChI is InChI=1S/C21H33F3N4O2/c22-21(23,24)17-4-1-5-18(16-17)27-20(26-9-7-19-6-2-13-30-19)25-8-3-10-28-11-14-29-15-12-28/h2,6,13,17-18H,1,3-5,7-12,14-16H2,(H2,25,26,27). The highest BCUT2D eigenvalue weighted by molar-refractivity contribution is 5.80. The van der Waals surface area contributed by atoms with Crippen LogP contribution < -0.4 is 10.6 Å². The van der Waals surface area contributed by atoms with Crippen molar-refractivity contribution in [2.24, 2.45) is 10.9 Å². The second kappa shape index (κ2) is 11.6. The zero-order valence-corrected chi connectivity index (χ0v) is 17.4. The number of nitrogens with one attached hydrogen (secondary N) is 2. The molecular formula is C21H33F3N4O2. The number of hydrogen-bond acceptors (Lipinski definition) is 4. The maximum atomic E-state index is 13.1. The molecule has 2 unspecified atom stereocenters. The second-order valence-electron chi connectivity index (χ2n) is 8.04. The summed E-state index contributed by atoms with van der Waals surface area (Å²) in [5, 5.41) is 6.51. The van der Waals surface area contributed by atoms with Gasteiger partial charge in [0.15, 0.2) is 5.96 Å². The lowest BCUT2D eigenvalue weighted by Gasteiger charge is -2.32. The Labute approximate surface area is 176 Å². The lowest BCUT2D eigenvalue weighted by molar-refractivity contribution is -0.183. The number of aliphatic imine (C=N–C) groups is 1. The summed E-state index contributed by atoms with van der Waals surface area (Å²) in [7, 11) is 0. The first-order valence-corrected chi connectivity index (χ1v) is 10.9. The van der Waals surface area contributed by atoms with Gasteiger partial charge in [-0.25, -0.2) is 0 Å². The minimum Gasteiger partial charge on any atom is -0.469 e. The molecule has 30 heavy (non-hydrogen) atoms. The van der Waals surface area contributed by atoms with Gasteiger partial charge in [0.1, 0.15) is 5.76 Å². The van der Waals surface area contributed by atoms with Crippen LogP contribution in [0.4, 0.5) is 13.2 Å². The van der Waals surface area contributed by atoms with Crippen LogP contribution in [-0.4, -0.2) is 69.0 Å². The molecule has 0 bridgehead atoms. The first-order valence-electron chi connectivity index (χ1n) is 10.9. The molecule has 1 aliphatic carbocycles. The molecule has 6 nitrogen and oxygen atoms in total. The Kier molecular flexibility index (Phi) is 8.87. The zero-order chi connectivity index (χ0) is 21.2. The summed E-state index contributed by atoms with van der Waals surface area (Å²) in [4.78, 5) is 6.99. The van der Waals surface area contributed by atoms with Gasteiger partial charge in [-0.05, 0) is 37.8 Å². The van der Waals surface area contributed by atoms with Crippen molar-refractivity contribution >= 4 is 5.96 Å². The lowest BCUT2D eigenvalue weighted by atomic mass is 9.85. The van der Waals surface area contributed by atoms with Gasteiger partial charge in [0, 0.05) is 45.2 Å². The zero-order valence-electron chi connectivity index (χ0n) is 17.4. The van der Waals surface area contributed by atoms with Crippen molar-refractivity contribution in [3.63, 3.8) is 0 Å². The number of halogens is 3. The molecule has 170 valence electrons. The molecule has 1 aromatic rings. The summed E-state index contributed by atoms with van der Waals surface area (Å²) in [5.74, 6) is 0.231. The van der Waals surface area contributed by atoms with E-state index in [1.54, 1.807) is 6.26 Å². The van der Waals surface area contributed by atoms with E-state index in [2.05, 4.69) is 20.5 Å². The molecule has 0 spiro atoms. The SMILES string of the molecule is FC(F)(F)C1CCCC(NC(=NCCCN2CCOCC2)NCCc2ccco2)C1. The number of hydrogen-bond donors (Lipinski definition) is 2. The van der Waals surface area contributed by atoms with Crippen LogP contribution >= 0.6 is 0 Å². The van der Waals surface area contributed by atoms with Crippen LogP contribution in [0.25, 0.3) is 0 Å². The van der Waals surface area contributed by atoms with Crippen LogP contribution in [0.3, 0.4) is 0 Å². The summed E-state index contributed by atoms with van der Waals surface area (Å²) < 4.78 is 50.1. The van der Waals surface area contributed by atoms with Crippen molar-refractivity contribution in [2.45, 2.75) is 50.7 Å². The van der Waals surface area contributed by atoms with E-state index in [9.17, 15) is 13.2 Å². The Balaban J connectivity index is 1.49. The van der Waals surface area contributed by atoms with Gasteiger partial charge in [-0.15, -0.1) is 0 Å². The molecule has 0 aromatic carbocycles. The van der Waals surface area contributed by atoms with Crippen LogP contribution in [-0.2, 0) is 11.2 Å². The van der Waals surface area contributed by atoms with Crippen molar-refractivity contribution in [1.29, 1.82) is 0 Å². The predicted molar refractivity (Wildman–Crippen MR) is 110 cm³/mol. The number of nitrogens with zero attached hydrogens (tertiary/aromatic N) is 2. The maximum Gasteiger partial charge on any atom is 0.391 e. The number of ether oxygens (including phenoxy) is 1. The summed E-state index contributed by atoms with van der Waals surface area (Å²) in [5.41, 5.74) is 0. The van der Waals surface area contributed by atoms with E-state index in [1.807, 2.05) is 12.1 Å². The van der Waals surface area contributed by atoms with Crippen molar-refractivity contribution in [3.05, 3.63) is 24.2 Å². The highest BCUT2D eigenvalue weighted by Gasteiger charge is 2.42. The number of alkyl halides is 3. The van der Waals surface area contributed by atoms with E-state index in [0.717, 1.165) is 51.4 Å². The fraction of sp³-hybridized carbons (Fsp3) is 0.762. The minimum absolute atomic E-state index is 0.107. The fourth-order valence-corrected chi connectivity index (χ4v) is 4.03. The Hall–Kier alpha value is -1.74. The second-order valence-corrected chi connectivity index (χ2v) is 8.04. The summed E-state index contributed by atoms with van der Waals surface area (Å²) in [6, 6.07) is 3.54. The molecule has 9 heteroatoms. The normalized spacial score (nSPS) is 24.0. The highest BCUT2D eigenvalue weighted by atomic mass is 19.4. The van der Waals surface area contributed by atoms with Crippen molar-refractivity contribution in [2.75, 3.05) is 45.9 Å². The van der Waals surface area contributed by atoms with Gasteiger partial charge in [-0.3, -0.25) is 9.89 Å². The Morgan fingerprint density at radius 1 is 1.23 bits per heavy atom. The number of rotatable bonds is 8. The van der Waals surface area contributed by atoms with Crippen molar-refractivity contribution in [3.8, 4) is 0 Å². The van der Waals surface area contributed by atoms with E-state index < -0.39 is 12.1 Å². The lowest BCUT2D eigenvalue weighted by Crippen LogP contribution is -2.47. The molecule has 1 saturated heterocycles. The summed E-state index contributed by atoms with van der Waals surface area (Å²) >= 11 is 0. The number of morpholine rings is 1. The van der Waals surface area contributed by atoms with Crippen molar-refractivity contribution in [1.82, 2.24) is 15.5 Å². The van der Waals surface area contributed by atoms with E-state index in [-0.39, 0.29) is 18.9 Å². The number of guanidine groups is 1. The third-order valence-electron chi connectivity index (χ3n) is 5.73. The third-order valence-corrected chi connectivity index (χ3v) is 5.73. The molecule has 2 heterocycles. The Morgan fingerprint density at radius 3 is 2.80 bits per heavy atom.